The topological polar surface area (TPSA) is 0 Å². The van der Waals surface area contributed by atoms with Crippen LogP contribution in [0, 0.1) is 23.7 Å². The van der Waals surface area contributed by atoms with Gasteiger partial charge in [0.05, 0.1) is 0 Å². The van der Waals surface area contributed by atoms with Crippen molar-refractivity contribution in [2.75, 3.05) is 0 Å². The summed E-state index contributed by atoms with van der Waals surface area (Å²) in [6, 6.07) is 0. The quantitative estimate of drug-likeness (QED) is 0.441. The summed E-state index contributed by atoms with van der Waals surface area (Å²) in [5.41, 5.74) is 1.66. The van der Waals surface area contributed by atoms with Gasteiger partial charge in [0.2, 0.25) is 0 Å². The second-order valence-corrected chi connectivity index (χ2v) is 2.06. The summed E-state index contributed by atoms with van der Waals surface area (Å²) >= 11 is 0. The molecule has 0 aliphatic heterocycles. The third-order valence-electron chi connectivity index (χ3n) is 0.614. The molecule has 10 heavy (non-hydrogen) atoms. The minimum Gasteiger partial charge on any atom is -0.0877 e. The zero-order valence-corrected chi connectivity index (χ0v) is 6.41. The summed E-state index contributed by atoms with van der Waals surface area (Å²) < 4.78 is 0. The lowest BCUT2D eigenvalue weighted by atomic mass is 10.3. The SMILES string of the molecule is C=C(C)C#CC#CC(=C)C. The van der Waals surface area contributed by atoms with E-state index < -0.39 is 0 Å². The summed E-state index contributed by atoms with van der Waals surface area (Å²) in [4.78, 5) is 0. The van der Waals surface area contributed by atoms with Gasteiger partial charge in [-0.1, -0.05) is 25.0 Å². The molecule has 0 heterocycles. The number of allylic oxidation sites excluding steroid dienone is 2. The van der Waals surface area contributed by atoms with E-state index in [1.165, 1.54) is 0 Å². The Kier molecular flexibility index (Phi) is 3.85. The fourth-order valence-electron chi connectivity index (χ4n) is 0.276. The minimum absolute atomic E-state index is 0.830. The molecular weight excluding hydrogens is 120 g/mol. The van der Waals surface area contributed by atoms with Crippen molar-refractivity contribution < 1.29 is 0 Å². The van der Waals surface area contributed by atoms with Crippen molar-refractivity contribution in [2.45, 2.75) is 13.8 Å². The van der Waals surface area contributed by atoms with Gasteiger partial charge in [0.15, 0.2) is 0 Å². The van der Waals surface area contributed by atoms with Crippen molar-refractivity contribution in [1.29, 1.82) is 0 Å². The Balaban J connectivity index is 4.03. The molecule has 0 aromatic rings. The second-order valence-electron chi connectivity index (χ2n) is 2.06. The van der Waals surface area contributed by atoms with Gasteiger partial charge in [-0.15, -0.1) is 0 Å². The highest BCUT2D eigenvalue weighted by atomic mass is 13.7. The van der Waals surface area contributed by atoms with Crippen LogP contribution in [0.4, 0.5) is 0 Å². The molecule has 50 valence electrons. The average molecular weight is 130 g/mol. The Morgan fingerprint density at radius 1 is 0.900 bits per heavy atom. The second kappa shape index (κ2) is 4.48. The van der Waals surface area contributed by atoms with Gasteiger partial charge >= 0.3 is 0 Å². The Morgan fingerprint density at radius 2 is 1.20 bits per heavy atom. The molecule has 0 saturated heterocycles. The smallest absolute Gasteiger partial charge is 0.00723 e. The molecule has 0 spiro atoms. The van der Waals surface area contributed by atoms with Crippen LogP contribution in [0.1, 0.15) is 13.8 Å². The van der Waals surface area contributed by atoms with E-state index in [1.807, 2.05) is 13.8 Å². The number of hydrogen-bond donors (Lipinski definition) is 0. The van der Waals surface area contributed by atoms with Crippen LogP contribution in [0.25, 0.3) is 0 Å². The third kappa shape index (κ3) is 6.60. The molecule has 0 atom stereocenters. The Morgan fingerprint density at radius 3 is 1.40 bits per heavy atom. The van der Waals surface area contributed by atoms with Crippen LogP contribution in [0.3, 0.4) is 0 Å². The summed E-state index contributed by atoms with van der Waals surface area (Å²) in [6.45, 7) is 10.9. The van der Waals surface area contributed by atoms with E-state index in [0.717, 1.165) is 11.1 Å². The highest BCUT2D eigenvalue weighted by Gasteiger charge is 1.68. The maximum Gasteiger partial charge on any atom is -0.00723 e. The predicted molar refractivity (Wildman–Crippen MR) is 45.2 cm³/mol. The van der Waals surface area contributed by atoms with Gasteiger partial charge < -0.3 is 0 Å². The Labute approximate surface area is 62.6 Å². The van der Waals surface area contributed by atoms with Gasteiger partial charge in [-0.3, -0.25) is 0 Å². The highest BCUT2D eigenvalue weighted by molar-refractivity contribution is 5.38. The van der Waals surface area contributed by atoms with Gasteiger partial charge in [0.1, 0.15) is 0 Å². The number of hydrogen-bond acceptors (Lipinski definition) is 0. The molecule has 0 amide bonds. The maximum absolute atomic E-state index is 3.61. The van der Waals surface area contributed by atoms with Crippen LogP contribution in [-0.2, 0) is 0 Å². The van der Waals surface area contributed by atoms with E-state index in [4.69, 9.17) is 0 Å². The molecule has 0 nitrogen and oxygen atoms in total. The third-order valence-corrected chi connectivity index (χ3v) is 0.614. The zero-order valence-electron chi connectivity index (χ0n) is 6.41. The molecule has 0 fully saturated rings. The van der Waals surface area contributed by atoms with Crippen LogP contribution in [0.15, 0.2) is 24.3 Å². The lowest BCUT2D eigenvalue weighted by Gasteiger charge is -1.73. The minimum atomic E-state index is 0.830. The van der Waals surface area contributed by atoms with Crippen LogP contribution in [0.2, 0.25) is 0 Å². The van der Waals surface area contributed by atoms with E-state index in [1.54, 1.807) is 0 Å². The normalized spacial score (nSPS) is 6.20. The van der Waals surface area contributed by atoms with Gasteiger partial charge in [-0.05, 0) is 36.8 Å². The highest BCUT2D eigenvalue weighted by Crippen LogP contribution is 1.80. The monoisotopic (exact) mass is 130 g/mol. The average Bonchev–Trinajstić information content (AvgIpc) is 1.79. The standard InChI is InChI=1S/C10H10/c1-9(2)7-5-6-8-10(3)4/h1,3H2,2,4H3. The summed E-state index contributed by atoms with van der Waals surface area (Å²) in [5.74, 6) is 10.8. The first-order chi connectivity index (χ1) is 4.63. The van der Waals surface area contributed by atoms with Crippen molar-refractivity contribution >= 4 is 0 Å². The summed E-state index contributed by atoms with van der Waals surface area (Å²) in [5, 5.41) is 0. The van der Waals surface area contributed by atoms with E-state index >= 15 is 0 Å². The number of rotatable bonds is 0. The molecule has 0 aliphatic carbocycles. The van der Waals surface area contributed by atoms with E-state index in [9.17, 15) is 0 Å². The molecule has 0 saturated carbocycles. The molecule has 0 bridgehead atoms. The molecule has 0 N–H and O–H groups in total. The summed E-state index contributed by atoms with van der Waals surface area (Å²) in [7, 11) is 0. The van der Waals surface area contributed by atoms with Crippen LogP contribution in [0.5, 0.6) is 0 Å². The molecule has 0 aromatic heterocycles. The lowest BCUT2D eigenvalue weighted by Crippen LogP contribution is -1.62. The van der Waals surface area contributed by atoms with Crippen LogP contribution in [-0.4, -0.2) is 0 Å². The van der Waals surface area contributed by atoms with Crippen molar-refractivity contribution in [1.82, 2.24) is 0 Å². The first-order valence-corrected chi connectivity index (χ1v) is 2.96. The van der Waals surface area contributed by atoms with E-state index in [2.05, 4.69) is 36.8 Å². The molecule has 0 radical (unpaired) electrons. The largest absolute Gasteiger partial charge is 0.0877 e. The van der Waals surface area contributed by atoms with Gasteiger partial charge in [-0.2, -0.15) is 0 Å². The first kappa shape index (κ1) is 8.60. The van der Waals surface area contributed by atoms with E-state index in [-0.39, 0.29) is 0 Å². The Bertz CT molecular complexity index is 228. The first-order valence-electron chi connectivity index (χ1n) is 2.96. The van der Waals surface area contributed by atoms with Crippen LogP contribution >= 0.6 is 0 Å². The molecule has 0 rings (SSSR count). The van der Waals surface area contributed by atoms with Gasteiger partial charge in [0.25, 0.3) is 0 Å². The molecular formula is C10H10. The molecule has 0 aromatic carbocycles. The van der Waals surface area contributed by atoms with Crippen molar-refractivity contribution in [3.8, 4) is 23.7 Å². The summed E-state index contributed by atoms with van der Waals surface area (Å²) in [6.07, 6.45) is 0. The van der Waals surface area contributed by atoms with Crippen LogP contribution < -0.4 is 0 Å². The zero-order chi connectivity index (χ0) is 7.98. The maximum atomic E-state index is 3.61. The van der Waals surface area contributed by atoms with Gasteiger partial charge in [-0.25, -0.2) is 0 Å². The lowest BCUT2D eigenvalue weighted by molar-refractivity contribution is 1.62. The predicted octanol–water partition coefficient (Wildman–Crippen LogP) is 2.15. The molecule has 0 unspecified atom stereocenters. The fourth-order valence-corrected chi connectivity index (χ4v) is 0.276. The van der Waals surface area contributed by atoms with Crippen molar-refractivity contribution in [3.05, 3.63) is 24.3 Å². The van der Waals surface area contributed by atoms with Crippen molar-refractivity contribution in [3.63, 3.8) is 0 Å². The molecule has 0 heteroatoms. The fraction of sp³-hybridized carbons (Fsp3) is 0.200. The van der Waals surface area contributed by atoms with E-state index in [0.29, 0.717) is 0 Å². The van der Waals surface area contributed by atoms with Crippen molar-refractivity contribution in [2.24, 2.45) is 0 Å². The van der Waals surface area contributed by atoms with Gasteiger partial charge in [0, 0.05) is 0 Å². The Hall–Kier alpha value is -1.40. The molecule has 0 aliphatic rings.